The van der Waals surface area contributed by atoms with Gasteiger partial charge >= 0.3 is 6.09 Å². The van der Waals surface area contributed by atoms with Crippen molar-refractivity contribution in [1.82, 2.24) is 4.90 Å². The van der Waals surface area contributed by atoms with E-state index in [1.54, 1.807) is 4.90 Å². The van der Waals surface area contributed by atoms with Crippen LogP contribution in [0.4, 0.5) is 4.79 Å². The molecule has 0 radical (unpaired) electrons. The molecule has 1 aliphatic heterocycles. The Balaban J connectivity index is -0.000000363. The van der Waals surface area contributed by atoms with Crippen LogP contribution >= 0.6 is 0 Å². The zero-order valence-corrected chi connectivity index (χ0v) is 21.5. The fourth-order valence-corrected chi connectivity index (χ4v) is 2.37. The Morgan fingerprint density at radius 3 is 1.89 bits per heavy atom. The second kappa shape index (κ2) is 21.0. The fourth-order valence-electron chi connectivity index (χ4n) is 2.37. The Bertz CT molecular complexity index is 321. The molecule has 172 valence electrons. The third-order valence-electron chi connectivity index (χ3n) is 4.57. The lowest BCUT2D eigenvalue weighted by Crippen LogP contribution is -2.35. The molecule has 2 unspecified atom stereocenters. The Hall–Kier alpha value is -0.730. The van der Waals surface area contributed by atoms with E-state index in [2.05, 4.69) is 41.5 Å². The van der Waals surface area contributed by atoms with E-state index in [1.165, 1.54) is 44.9 Å². The van der Waals surface area contributed by atoms with E-state index in [4.69, 9.17) is 4.74 Å². The molecule has 28 heavy (non-hydrogen) atoms. The van der Waals surface area contributed by atoms with Gasteiger partial charge in [-0.2, -0.15) is 0 Å². The Kier molecular flexibility index (Phi) is 24.0. The second-order valence-corrected chi connectivity index (χ2v) is 8.83. The fraction of sp³-hybridized carbons (Fsp3) is 0.960. The van der Waals surface area contributed by atoms with E-state index in [0.29, 0.717) is 5.92 Å². The van der Waals surface area contributed by atoms with Gasteiger partial charge in [0.15, 0.2) is 0 Å². The van der Waals surface area contributed by atoms with Crippen molar-refractivity contribution in [2.24, 2.45) is 11.8 Å². The topological polar surface area (TPSA) is 29.5 Å². The van der Waals surface area contributed by atoms with Gasteiger partial charge in [-0.05, 0) is 39.0 Å². The molecule has 1 aliphatic rings. The largest absolute Gasteiger partial charge is 0.444 e. The van der Waals surface area contributed by atoms with Gasteiger partial charge in [0.05, 0.1) is 0 Å². The summed E-state index contributed by atoms with van der Waals surface area (Å²) in [6.45, 7) is 24.8. The van der Waals surface area contributed by atoms with Gasteiger partial charge in [-0.1, -0.05) is 100 Å². The average molecular weight is 402 g/mol. The first-order valence-corrected chi connectivity index (χ1v) is 12.1. The van der Waals surface area contributed by atoms with Crippen molar-refractivity contribution >= 4 is 6.09 Å². The summed E-state index contributed by atoms with van der Waals surface area (Å²) in [5.41, 5.74) is -0.372. The van der Waals surface area contributed by atoms with Crippen LogP contribution in [0.25, 0.3) is 0 Å². The quantitative estimate of drug-likeness (QED) is 0.416. The molecule has 0 aromatic carbocycles. The van der Waals surface area contributed by atoms with Crippen LogP contribution in [0.2, 0.25) is 0 Å². The first kappa shape index (κ1) is 31.9. The lowest BCUT2D eigenvalue weighted by molar-refractivity contribution is 0.0289. The van der Waals surface area contributed by atoms with Crippen molar-refractivity contribution in [1.29, 1.82) is 0 Å². The molecule has 3 heteroatoms. The van der Waals surface area contributed by atoms with Crippen molar-refractivity contribution in [3.63, 3.8) is 0 Å². The predicted octanol–water partition coefficient (Wildman–Crippen LogP) is 8.71. The summed E-state index contributed by atoms with van der Waals surface area (Å²) < 4.78 is 5.26. The molecule has 0 bridgehead atoms. The summed E-state index contributed by atoms with van der Waals surface area (Å²) in [5, 5.41) is 0. The predicted molar refractivity (Wildman–Crippen MR) is 127 cm³/mol. The van der Waals surface area contributed by atoms with Crippen LogP contribution in [0.3, 0.4) is 0 Å². The first-order valence-electron chi connectivity index (χ1n) is 12.1. The summed E-state index contributed by atoms with van der Waals surface area (Å²) >= 11 is 0. The summed E-state index contributed by atoms with van der Waals surface area (Å²) in [6.07, 6.45) is 10.6. The summed E-state index contributed by atoms with van der Waals surface area (Å²) in [5.74, 6) is 1.57. The standard InChI is InChI=1S/C10H19NO2.C9H20.C4H10.C2H6/c1-8-5-6-11(7-8)9(12)13-10(2,3)4;1-4-6-7-8-9(3)5-2;1-3-4-2;1-2/h8H,5-7H2,1-4H3;9H,4-8H2,1-3H3;3-4H2,1-2H3;1-2H3. The van der Waals surface area contributed by atoms with Gasteiger partial charge in [0.2, 0.25) is 0 Å². The molecule has 0 aromatic heterocycles. The highest BCUT2D eigenvalue weighted by Crippen LogP contribution is 2.18. The van der Waals surface area contributed by atoms with Crippen molar-refractivity contribution in [3.05, 3.63) is 0 Å². The molecule has 2 atom stereocenters. The molecule has 1 heterocycles. The molecule has 0 saturated carbocycles. The van der Waals surface area contributed by atoms with Crippen LogP contribution in [0.1, 0.15) is 128 Å². The molecule has 0 N–H and O–H groups in total. The zero-order chi connectivity index (χ0) is 22.6. The number of likely N-dealkylation sites (tertiary alicyclic amines) is 1. The first-order chi connectivity index (χ1) is 13.1. The van der Waals surface area contributed by atoms with E-state index >= 15 is 0 Å². The van der Waals surface area contributed by atoms with Gasteiger partial charge in [-0.25, -0.2) is 4.79 Å². The highest BCUT2D eigenvalue weighted by molar-refractivity contribution is 5.68. The van der Waals surface area contributed by atoms with Crippen molar-refractivity contribution in [2.75, 3.05) is 13.1 Å². The van der Waals surface area contributed by atoms with Crippen LogP contribution in [0.15, 0.2) is 0 Å². The summed E-state index contributed by atoms with van der Waals surface area (Å²) in [4.78, 5) is 13.3. The Labute approximate surface area is 179 Å². The molecular formula is C25H55NO2. The Morgan fingerprint density at radius 2 is 1.57 bits per heavy atom. The van der Waals surface area contributed by atoms with Crippen molar-refractivity contribution in [3.8, 4) is 0 Å². The monoisotopic (exact) mass is 401 g/mol. The number of ether oxygens (including phenoxy) is 1. The number of amides is 1. The maximum atomic E-state index is 11.5. The van der Waals surface area contributed by atoms with Crippen LogP contribution in [0, 0.1) is 11.8 Å². The highest BCUT2D eigenvalue weighted by atomic mass is 16.6. The lowest BCUT2D eigenvalue weighted by Gasteiger charge is -2.24. The maximum absolute atomic E-state index is 11.5. The van der Waals surface area contributed by atoms with Crippen LogP contribution < -0.4 is 0 Å². The second-order valence-electron chi connectivity index (χ2n) is 8.83. The van der Waals surface area contributed by atoms with Gasteiger partial charge in [0.25, 0.3) is 0 Å². The van der Waals surface area contributed by atoms with Crippen molar-refractivity contribution in [2.45, 2.75) is 133 Å². The number of hydrogen-bond acceptors (Lipinski definition) is 2. The highest BCUT2D eigenvalue weighted by Gasteiger charge is 2.27. The average Bonchev–Trinajstić information content (AvgIpc) is 3.09. The molecule has 3 nitrogen and oxygen atoms in total. The van der Waals surface area contributed by atoms with Gasteiger partial charge in [-0.15, -0.1) is 0 Å². The number of nitrogens with zero attached hydrogens (tertiary/aromatic N) is 1. The van der Waals surface area contributed by atoms with Crippen LogP contribution in [-0.4, -0.2) is 29.7 Å². The van der Waals surface area contributed by atoms with E-state index in [-0.39, 0.29) is 11.7 Å². The Morgan fingerprint density at radius 1 is 1.04 bits per heavy atom. The van der Waals surface area contributed by atoms with E-state index < -0.39 is 0 Å². The normalized spacial score (nSPS) is 16.5. The van der Waals surface area contributed by atoms with Gasteiger partial charge in [-0.3, -0.25) is 0 Å². The SMILES string of the molecule is CC.CC1CCN(C(=O)OC(C)(C)C)C1.CCCC.CCCCCC(C)CC. The van der Waals surface area contributed by atoms with Crippen LogP contribution in [0.5, 0.6) is 0 Å². The number of rotatable bonds is 6. The molecule has 1 amide bonds. The molecule has 0 aromatic rings. The number of unbranched alkanes of at least 4 members (excludes halogenated alkanes) is 3. The molecule has 1 saturated heterocycles. The minimum atomic E-state index is -0.372. The molecule has 0 spiro atoms. The molecular weight excluding hydrogens is 346 g/mol. The maximum Gasteiger partial charge on any atom is 0.410 e. The smallest absolute Gasteiger partial charge is 0.410 e. The van der Waals surface area contributed by atoms with Crippen molar-refractivity contribution < 1.29 is 9.53 Å². The number of carbonyl (C=O) groups is 1. The van der Waals surface area contributed by atoms with E-state index in [1.807, 2.05) is 34.6 Å². The third-order valence-corrected chi connectivity index (χ3v) is 4.57. The minimum Gasteiger partial charge on any atom is -0.444 e. The molecule has 1 rings (SSSR count). The number of carbonyl (C=O) groups excluding carboxylic acids is 1. The third kappa shape index (κ3) is 23.3. The van der Waals surface area contributed by atoms with Gasteiger partial charge in [0, 0.05) is 13.1 Å². The minimum absolute atomic E-state index is 0.170. The number of hydrogen-bond donors (Lipinski definition) is 0. The van der Waals surface area contributed by atoms with E-state index in [9.17, 15) is 4.79 Å². The summed E-state index contributed by atoms with van der Waals surface area (Å²) in [7, 11) is 0. The lowest BCUT2D eigenvalue weighted by atomic mass is 10.0. The van der Waals surface area contributed by atoms with Gasteiger partial charge < -0.3 is 9.64 Å². The van der Waals surface area contributed by atoms with Crippen LogP contribution in [-0.2, 0) is 4.74 Å². The molecule has 1 fully saturated rings. The van der Waals surface area contributed by atoms with E-state index in [0.717, 1.165) is 25.4 Å². The molecule has 0 aliphatic carbocycles. The van der Waals surface area contributed by atoms with Gasteiger partial charge in [0.1, 0.15) is 5.60 Å². The zero-order valence-electron chi connectivity index (χ0n) is 21.5. The summed E-state index contributed by atoms with van der Waals surface area (Å²) in [6, 6.07) is 0.